The van der Waals surface area contributed by atoms with E-state index in [1.54, 1.807) is 0 Å². The van der Waals surface area contributed by atoms with Gasteiger partial charge in [-0.2, -0.15) is 0 Å². The van der Waals surface area contributed by atoms with Gasteiger partial charge in [0, 0.05) is 0 Å². The largest absolute Gasteiger partial charge is 0.480 e. The molecule has 0 fully saturated rings. The molecular weight excluding hydrogens is 222 g/mol. The van der Waals surface area contributed by atoms with Crippen molar-refractivity contribution in [3.05, 3.63) is 29.7 Å². The first kappa shape index (κ1) is 11.6. The lowest BCUT2D eigenvalue weighted by Crippen LogP contribution is -2.06. The van der Waals surface area contributed by atoms with E-state index in [0.29, 0.717) is 11.5 Å². The molecule has 1 aromatic carbocycles. The molecule has 1 aromatic heterocycles. The van der Waals surface area contributed by atoms with Crippen LogP contribution >= 0.6 is 0 Å². The van der Waals surface area contributed by atoms with Crippen molar-refractivity contribution in [2.24, 2.45) is 0 Å². The Morgan fingerprint density at radius 3 is 3.06 bits per heavy atom. The maximum absolute atomic E-state index is 10.3. The van der Waals surface area contributed by atoms with Crippen LogP contribution in [0.1, 0.15) is 18.4 Å². The molecule has 0 saturated heterocycles. The van der Waals surface area contributed by atoms with E-state index in [1.807, 2.05) is 18.2 Å². The summed E-state index contributed by atoms with van der Waals surface area (Å²) in [5.41, 5.74) is 2.65. The molecule has 5 heteroatoms. The fourth-order valence-corrected chi connectivity index (χ4v) is 1.53. The molecule has 2 aromatic rings. The summed E-state index contributed by atoms with van der Waals surface area (Å²) in [6, 6.07) is 5.80. The summed E-state index contributed by atoms with van der Waals surface area (Å²) in [5.74, 6) is -0.608. The van der Waals surface area contributed by atoms with Crippen LogP contribution in [0.5, 0.6) is 0 Å². The molecule has 17 heavy (non-hydrogen) atoms. The van der Waals surface area contributed by atoms with E-state index in [-0.39, 0.29) is 13.2 Å². The van der Waals surface area contributed by atoms with Crippen molar-refractivity contribution >= 4 is 17.1 Å². The average molecular weight is 235 g/mol. The fraction of sp³-hybridized carbons (Fsp3) is 0.333. The zero-order valence-corrected chi connectivity index (χ0v) is 9.47. The highest BCUT2D eigenvalue weighted by Gasteiger charge is 2.07. The highest BCUT2D eigenvalue weighted by molar-refractivity contribution is 5.73. The van der Waals surface area contributed by atoms with Gasteiger partial charge in [0.25, 0.3) is 0 Å². The summed E-state index contributed by atoms with van der Waals surface area (Å²) in [6.07, 6.45) is 0.938. The van der Waals surface area contributed by atoms with E-state index < -0.39 is 5.97 Å². The molecule has 90 valence electrons. The summed E-state index contributed by atoms with van der Waals surface area (Å²) < 4.78 is 10.3. The number of aromatic nitrogens is 1. The predicted octanol–water partition coefficient (Wildman–Crippen LogP) is 1.99. The summed E-state index contributed by atoms with van der Waals surface area (Å²) in [6.45, 7) is 1.79. The average Bonchev–Trinajstić information content (AvgIpc) is 2.69. The van der Waals surface area contributed by atoms with Crippen molar-refractivity contribution in [3.8, 4) is 0 Å². The lowest BCUT2D eigenvalue weighted by molar-refractivity contribution is -0.142. The Morgan fingerprint density at radius 1 is 1.53 bits per heavy atom. The Balaban J connectivity index is 2.11. The van der Waals surface area contributed by atoms with Crippen molar-refractivity contribution < 1.29 is 19.1 Å². The Kier molecular flexibility index (Phi) is 3.39. The number of fused-ring (bicyclic) bond motifs is 1. The quantitative estimate of drug-likeness (QED) is 0.857. The minimum absolute atomic E-state index is 0.0719. The SMILES string of the molecule is CCc1ccc2oc(COCC(=O)O)nc2c1. The van der Waals surface area contributed by atoms with Crippen LogP contribution in [-0.4, -0.2) is 22.7 Å². The van der Waals surface area contributed by atoms with Gasteiger partial charge >= 0.3 is 5.97 Å². The van der Waals surface area contributed by atoms with Crippen LogP contribution in [0.3, 0.4) is 0 Å². The van der Waals surface area contributed by atoms with Crippen molar-refractivity contribution in [3.63, 3.8) is 0 Å². The molecule has 0 bridgehead atoms. The molecule has 0 amide bonds. The molecule has 0 saturated carbocycles. The summed E-state index contributed by atoms with van der Waals surface area (Å²) >= 11 is 0. The van der Waals surface area contributed by atoms with Gasteiger partial charge in [0.1, 0.15) is 18.7 Å². The number of ether oxygens (including phenoxy) is 1. The smallest absolute Gasteiger partial charge is 0.329 e. The van der Waals surface area contributed by atoms with E-state index in [4.69, 9.17) is 14.3 Å². The van der Waals surface area contributed by atoms with Crippen LogP contribution in [-0.2, 0) is 22.6 Å². The van der Waals surface area contributed by atoms with Gasteiger partial charge in [0.05, 0.1) is 0 Å². The molecule has 1 N–H and O–H groups in total. The highest BCUT2D eigenvalue weighted by atomic mass is 16.5. The number of carboxylic acid groups (broad SMARTS) is 1. The number of carboxylic acids is 1. The van der Waals surface area contributed by atoms with Gasteiger partial charge in [0.15, 0.2) is 5.58 Å². The molecule has 0 aliphatic rings. The third-order valence-corrected chi connectivity index (χ3v) is 2.36. The third-order valence-electron chi connectivity index (χ3n) is 2.36. The van der Waals surface area contributed by atoms with Crippen LogP contribution in [0, 0.1) is 0 Å². The van der Waals surface area contributed by atoms with E-state index in [9.17, 15) is 4.79 Å². The number of benzene rings is 1. The number of aliphatic carboxylic acids is 1. The normalized spacial score (nSPS) is 10.9. The second-order valence-electron chi connectivity index (χ2n) is 3.65. The molecule has 0 atom stereocenters. The first-order valence-corrected chi connectivity index (χ1v) is 5.37. The molecule has 0 spiro atoms. The lowest BCUT2D eigenvalue weighted by atomic mass is 10.1. The van der Waals surface area contributed by atoms with Gasteiger partial charge < -0.3 is 14.3 Å². The van der Waals surface area contributed by atoms with E-state index in [2.05, 4.69) is 11.9 Å². The fourth-order valence-electron chi connectivity index (χ4n) is 1.53. The van der Waals surface area contributed by atoms with Gasteiger partial charge in [-0.3, -0.25) is 0 Å². The molecule has 0 radical (unpaired) electrons. The second-order valence-corrected chi connectivity index (χ2v) is 3.65. The van der Waals surface area contributed by atoms with Crippen molar-refractivity contribution in [1.29, 1.82) is 0 Å². The number of oxazole rings is 1. The zero-order chi connectivity index (χ0) is 12.3. The standard InChI is InChI=1S/C12H13NO4/c1-2-8-3-4-10-9(5-8)13-11(17-10)6-16-7-12(14)15/h3-5H,2,6-7H2,1H3,(H,14,15). The number of rotatable bonds is 5. The first-order valence-electron chi connectivity index (χ1n) is 5.37. The number of aryl methyl sites for hydroxylation is 1. The first-order chi connectivity index (χ1) is 8.19. The monoisotopic (exact) mass is 235 g/mol. The Hall–Kier alpha value is -1.88. The van der Waals surface area contributed by atoms with Crippen LogP contribution in [0.4, 0.5) is 0 Å². The molecule has 0 aliphatic carbocycles. The predicted molar refractivity (Wildman–Crippen MR) is 60.7 cm³/mol. The van der Waals surface area contributed by atoms with E-state index in [1.165, 1.54) is 5.56 Å². The van der Waals surface area contributed by atoms with E-state index in [0.717, 1.165) is 11.9 Å². The lowest BCUT2D eigenvalue weighted by Gasteiger charge is -1.94. The van der Waals surface area contributed by atoms with Crippen LogP contribution in [0.2, 0.25) is 0 Å². The third kappa shape index (κ3) is 2.82. The van der Waals surface area contributed by atoms with Crippen molar-refractivity contribution in [1.82, 2.24) is 4.98 Å². The summed E-state index contributed by atoms with van der Waals surface area (Å²) in [5, 5.41) is 8.42. The molecule has 0 unspecified atom stereocenters. The Morgan fingerprint density at radius 2 is 2.35 bits per heavy atom. The number of carbonyl (C=O) groups is 1. The molecule has 0 aliphatic heterocycles. The Labute approximate surface area is 98.0 Å². The van der Waals surface area contributed by atoms with Gasteiger partial charge in [0.2, 0.25) is 5.89 Å². The van der Waals surface area contributed by atoms with Crippen LogP contribution in [0.15, 0.2) is 22.6 Å². The van der Waals surface area contributed by atoms with E-state index >= 15 is 0 Å². The zero-order valence-electron chi connectivity index (χ0n) is 9.47. The molecule has 2 rings (SSSR count). The van der Waals surface area contributed by atoms with Gasteiger partial charge in [-0.25, -0.2) is 9.78 Å². The summed E-state index contributed by atoms with van der Waals surface area (Å²) in [4.78, 5) is 14.5. The Bertz CT molecular complexity index is 532. The molecule has 1 heterocycles. The number of nitrogens with zero attached hydrogens (tertiary/aromatic N) is 1. The summed E-state index contributed by atoms with van der Waals surface area (Å²) in [7, 11) is 0. The van der Waals surface area contributed by atoms with Crippen LogP contribution < -0.4 is 0 Å². The highest BCUT2D eigenvalue weighted by Crippen LogP contribution is 2.18. The molecule has 5 nitrogen and oxygen atoms in total. The maximum atomic E-state index is 10.3. The van der Waals surface area contributed by atoms with Crippen molar-refractivity contribution in [2.45, 2.75) is 20.0 Å². The van der Waals surface area contributed by atoms with Crippen molar-refractivity contribution in [2.75, 3.05) is 6.61 Å². The van der Waals surface area contributed by atoms with Gasteiger partial charge in [-0.05, 0) is 24.1 Å². The topological polar surface area (TPSA) is 72.6 Å². The van der Waals surface area contributed by atoms with Gasteiger partial charge in [-0.15, -0.1) is 0 Å². The number of hydrogen-bond donors (Lipinski definition) is 1. The second kappa shape index (κ2) is 4.97. The maximum Gasteiger partial charge on any atom is 0.329 e. The van der Waals surface area contributed by atoms with Gasteiger partial charge in [-0.1, -0.05) is 13.0 Å². The number of hydrogen-bond acceptors (Lipinski definition) is 4. The van der Waals surface area contributed by atoms with Crippen LogP contribution in [0.25, 0.3) is 11.1 Å². The molecular formula is C12H13NO4. The minimum atomic E-state index is -1.01. The minimum Gasteiger partial charge on any atom is -0.480 e.